The van der Waals surface area contributed by atoms with Crippen LogP contribution in [0.3, 0.4) is 0 Å². The first-order valence-corrected chi connectivity index (χ1v) is 11.8. The van der Waals surface area contributed by atoms with Gasteiger partial charge in [-0.2, -0.15) is 0 Å². The molecular formula is C24H16ClN5O2S. The van der Waals surface area contributed by atoms with Crippen LogP contribution in [0, 0.1) is 0 Å². The molecule has 2 aromatic heterocycles. The Hall–Kier alpha value is -3.88. The number of fused-ring (bicyclic) bond motifs is 2. The quantitative estimate of drug-likeness (QED) is 0.273. The topological polar surface area (TPSA) is 97.2 Å². The zero-order chi connectivity index (χ0) is 22.8. The van der Waals surface area contributed by atoms with Gasteiger partial charge in [-0.1, -0.05) is 35.9 Å². The number of pyridine rings is 1. The largest absolute Gasteiger partial charge is 0.264 e. The highest BCUT2D eigenvalue weighted by atomic mass is 35.5. The van der Waals surface area contributed by atoms with Gasteiger partial charge in [0.1, 0.15) is 0 Å². The van der Waals surface area contributed by atoms with Crippen LogP contribution in [-0.4, -0.2) is 29.6 Å². The number of nitrogens with zero attached hydrogens (tertiary/aromatic N) is 4. The number of aliphatic imine (C=N–C) groups is 1. The summed E-state index contributed by atoms with van der Waals surface area (Å²) in [6.45, 7) is 0. The van der Waals surface area contributed by atoms with Gasteiger partial charge >= 0.3 is 0 Å². The van der Waals surface area contributed by atoms with Crippen molar-refractivity contribution in [3.05, 3.63) is 95.8 Å². The first-order chi connectivity index (χ1) is 16.0. The van der Waals surface area contributed by atoms with Gasteiger partial charge in [0, 0.05) is 40.0 Å². The van der Waals surface area contributed by atoms with Crippen LogP contribution in [0.5, 0.6) is 0 Å². The van der Waals surface area contributed by atoms with Crippen molar-refractivity contribution in [1.29, 1.82) is 0 Å². The van der Waals surface area contributed by atoms with Crippen molar-refractivity contribution in [3.63, 3.8) is 0 Å². The van der Waals surface area contributed by atoms with Gasteiger partial charge in [0.25, 0.3) is 10.0 Å². The zero-order valence-electron chi connectivity index (χ0n) is 17.1. The van der Waals surface area contributed by atoms with Crippen molar-refractivity contribution in [2.75, 3.05) is 4.72 Å². The van der Waals surface area contributed by atoms with E-state index >= 15 is 0 Å². The molecule has 0 saturated carbocycles. The molecular weight excluding hydrogens is 458 g/mol. The Morgan fingerprint density at radius 1 is 0.848 bits per heavy atom. The van der Waals surface area contributed by atoms with Crippen LogP contribution >= 0.6 is 11.6 Å². The number of hydrogen-bond acceptors (Lipinski definition) is 6. The summed E-state index contributed by atoms with van der Waals surface area (Å²) in [5.41, 5.74) is 3.13. The molecule has 2 heterocycles. The smallest absolute Gasteiger partial charge is 0.256 e. The molecule has 0 aliphatic heterocycles. The van der Waals surface area contributed by atoms with Gasteiger partial charge in [-0.3, -0.25) is 4.99 Å². The number of benzene rings is 3. The predicted molar refractivity (Wildman–Crippen MR) is 131 cm³/mol. The van der Waals surface area contributed by atoms with Crippen molar-refractivity contribution in [2.45, 2.75) is 4.90 Å². The van der Waals surface area contributed by atoms with E-state index in [4.69, 9.17) is 16.6 Å². The summed E-state index contributed by atoms with van der Waals surface area (Å²) in [7, 11) is -3.81. The molecule has 33 heavy (non-hydrogen) atoms. The van der Waals surface area contributed by atoms with E-state index in [0.29, 0.717) is 10.7 Å². The maximum Gasteiger partial charge on any atom is 0.264 e. The van der Waals surface area contributed by atoms with Crippen LogP contribution < -0.4 is 4.72 Å². The van der Waals surface area contributed by atoms with Crippen LogP contribution in [0.15, 0.2) is 95.1 Å². The summed E-state index contributed by atoms with van der Waals surface area (Å²) < 4.78 is 27.5. The fourth-order valence-corrected chi connectivity index (χ4v) is 4.54. The molecule has 9 heteroatoms. The van der Waals surface area contributed by atoms with Crippen LogP contribution in [-0.2, 0) is 10.0 Å². The number of hydrogen-bond donors (Lipinski definition) is 1. The van der Waals surface area contributed by atoms with Gasteiger partial charge in [-0.25, -0.2) is 28.1 Å². The summed E-state index contributed by atoms with van der Waals surface area (Å²) in [4.78, 5) is 17.1. The average molecular weight is 474 g/mol. The van der Waals surface area contributed by atoms with Gasteiger partial charge in [0.05, 0.1) is 21.6 Å². The highest BCUT2D eigenvalue weighted by Gasteiger charge is 2.15. The number of rotatable bonds is 5. The molecule has 0 spiro atoms. The molecule has 0 radical (unpaired) electrons. The van der Waals surface area contributed by atoms with Crippen LogP contribution in [0.2, 0.25) is 5.02 Å². The number of halogens is 1. The van der Waals surface area contributed by atoms with Gasteiger partial charge in [-0.05, 0) is 48.5 Å². The summed E-state index contributed by atoms with van der Waals surface area (Å²) in [5, 5.41) is 2.50. The Balaban J connectivity index is 1.48. The van der Waals surface area contributed by atoms with Gasteiger partial charge in [0.15, 0.2) is 0 Å². The molecule has 5 rings (SSSR count). The van der Waals surface area contributed by atoms with E-state index in [-0.39, 0.29) is 10.8 Å². The first kappa shape index (κ1) is 21.0. The lowest BCUT2D eigenvalue weighted by molar-refractivity contribution is 0.601. The van der Waals surface area contributed by atoms with Gasteiger partial charge in [-0.15, -0.1) is 0 Å². The normalized spacial score (nSPS) is 11.9. The average Bonchev–Trinajstić information content (AvgIpc) is 2.82. The van der Waals surface area contributed by atoms with Gasteiger partial charge in [0.2, 0.25) is 5.95 Å². The Kier molecular flexibility index (Phi) is 5.45. The maximum atomic E-state index is 12.6. The van der Waals surface area contributed by atoms with E-state index in [1.165, 1.54) is 24.5 Å². The lowest BCUT2D eigenvalue weighted by Gasteiger charge is -2.08. The predicted octanol–water partition coefficient (Wildman–Crippen LogP) is 5.38. The lowest BCUT2D eigenvalue weighted by Crippen LogP contribution is -2.14. The number of para-hydroxylation sites is 1. The number of aromatic nitrogens is 3. The summed E-state index contributed by atoms with van der Waals surface area (Å²) in [6.07, 6.45) is 4.69. The molecule has 0 amide bonds. The lowest BCUT2D eigenvalue weighted by atomic mass is 10.0. The summed E-state index contributed by atoms with van der Waals surface area (Å²) >= 11 is 6.16. The fraction of sp³-hybridized carbons (Fsp3) is 0. The minimum absolute atomic E-state index is 0.0103. The highest BCUT2D eigenvalue weighted by molar-refractivity contribution is 7.92. The monoisotopic (exact) mass is 473 g/mol. The van der Waals surface area contributed by atoms with Crippen molar-refractivity contribution in [2.24, 2.45) is 4.99 Å². The number of nitrogens with one attached hydrogen (secondary N) is 1. The minimum Gasteiger partial charge on any atom is -0.256 e. The van der Waals surface area contributed by atoms with Crippen LogP contribution in [0.4, 0.5) is 11.6 Å². The molecule has 0 unspecified atom stereocenters. The fourth-order valence-electron chi connectivity index (χ4n) is 3.42. The molecule has 3 aromatic carbocycles. The first-order valence-electron chi connectivity index (χ1n) is 9.92. The van der Waals surface area contributed by atoms with Crippen molar-refractivity contribution in [3.8, 4) is 0 Å². The Morgan fingerprint density at radius 2 is 1.58 bits per heavy atom. The SMILES string of the molecule is O=S(=O)(Nc1ncccn1)c1ccc(N=Cc2c3ccccc3nc3cc(Cl)ccc23)cc1. The maximum absolute atomic E-state index is 12.6. The third-order valence-corrected chi connectivity index (χ3v) is 6.55. The second-order valence-corrected chi connectivity index (χ2v) is 9.25. The van der Waals surface area contributed by atoms with Crippen LogP contribution in [0.1, 0.15) is 5.56 Å². The number of sulfonamides is 1. The van der Waals surface area contributed by atoms with Crippen molar-refractivity contribution >= 4 is 61.3 Å². The van der Waals surface area contributed by atoms with E-state index in [2.05, 4.69) is 19.7 Å². The zero-order valence-corrected chi connectivity index (χ0v) is 18.6. The molecule has 7 nitrogen and oxygen atoms in total. The van der Waals surface area contributed by atoms with E-state index in [1.807, 2.05) is 42.5 Å². The molecule has 0 aliphatic carbocycles. The van der Waals surface area contributed by atoms with Crippen molar-refractivity contribution < 1.29 is 8.42 Å². The van der Waals surface area contributed by atoms with Crippen molar-refractivity contribution in [1.82, 2.24) is 15.0 Å². The molecule has 0 fully saturated rings. The third-order valence-electron chi connectivity index (χ3n) is 4.97. The molecule has 0 aliphatic rings. The second kappa shape index (κ2) is 8.57. The molecule has 0 bridgehead atoms. The van der Waals surface area contributed by atoms with E-state index in [1.54, 1.807) is 24.4 Å². The Morgan fingerprint density at radius 3 is 2.36 bits per heavy atom. The standard InChI is InChI=1S/C24H16ClN5O2S/c25-16-6-11-20-21(19-4-1-2-5-22(19)29-23(20)14-16)15-28-17-7-9-18(10-8-17)33(31,32)30-24-26-12-3-13-27-24/h1-15H,(H,26,27,30). The second-order valence-electron chi connectivity index (χ2n) is 7.13. The summed E-state index contributed by atoms with van der Waals surface area (Å²) in [5.74, 6) is 0.0103. The Bertz CT molecular complexity index is 1610. The molecule has 0 saturated heterocycles. The van der Waals surface area contributed by atoms with E-state index in [9.17, 15) is 8.42 Å². The molecule has 162 valence electrons. The highest BCUT2D eigenvalue weighted by Crippen LogP contribution is 2.27. The van der Waals surface area contributed by atoms with Crippen LogP contribution in [0.25, 0.3) is 21.8 Å². The molecule has 5 aromatic rings. The van der Waals surface area contributed by atoms with E-state index < -0.39 is 10.0 Å². The third kappa shape index (κ3) is 4.39. The summed E-state index contributed by atoms with van der Waals surface area (Å²) in [6, 6.07) is 21.2. The Labute approximate surface area is 194 Å². The minimum atomic E-state index is -3.81. The van der Waals surface area contributed by atoms with Gasteiger partial charge < -0.3 is 0 Å². The van der Waals surface area contributed by atoms with E-state index in [0.717, 1.165) is 27.4 Å². The molecule has 0 atom stereocenters. The number of anilines is 1. The molecule has 1 N–H and O–H groups in total.